The van der Waals surface area contributed by atoms with Crippen LogP contribution in [0, 0.1) is 6.92 Å². The van der Waals surface area contributed by atoms with Crippen molar-refractivity contribution in [3.63, 3.8) is 0 Å². The van der Waals surface area contributed by atoms with Gasteiger partial charge in [-0.1, -0.05) is 49.7 Å². The van der Waals surface area contributed by atoms with Crippen LogP contribution in [0.2, 0.25) is 5.02 Å². The number of benzene rings is 2. The van der Waals surface area contributed by atoms with Gasteiger partial charge in [-0.25, -0.2) is 8.42 Å². The predicted octanol–water partition coefficient (Wildman–Crippen LogP) is 5.00. The van der Waals surface area contributed by atoms with E-state index in [0.29, 0.717) is 17.1 Å². The third-order valence-electron chi connectivity index (χ3n) is 6.30. The van der Waals surface area contributed by atoms with Gasteiger partial charge < -0.3 is 10.1 Å². The Hall–Kier alpha value is -2.25. The molecule has 1 heterocycles. The first-order valence-corrected chi connectivity index (χ1v) is 13.1. The second kappa shape index (κ2) is 9.32. The Kier molecular flexibility index (Phi) is 7.10. The van der Waals surface area contributed by atoms with Crippen LogP contribution in [-0.4, -0.2) is 32.2 Å². The van der Waals surface area contributed by atoms with Crippen LogP contribution in [0.25, 0.3) is 0 Å². The van der Waals surface area contributed by atoms with Crippen LogP contribution in [0.1, 0.15) is 57.2 Å². The van der Waals surface area contributed by atoms with Gasteiger partial charge in [0.2, 0.25) is 15.9 Å². The van der Waals surface area contributed by atoms with E-state index in [9.17, 15) is 13.2 Å². The van der Waals surface area contributed by atoms with Crippen molar-refractivity contribution in [2.75, 3.05) is 10.6 Å². The minimum absolute atomic E-state index is 0.280. The molecule has 0 bridgehead atoms. The molecule has 0 unspecified atom stereocenters. The topological polar surface area (TPSA) is 75.7 Å². The number of anilines is 1. The van der Waals surface area contributed by atoms with E-state index in [-0.39, 0.29) is 17.6 Å². The summed E-state index contributed by atoms with van der Waals surface area (Å²) in [6.45, 7) is 7.57. The average Bonchev–Trinajstić information content (AvgIpc) is 2.75. The summed E-state index contributed by atoms with van der Waals surface area (Å²) in [5.74, 6) is 0.376. The highest BCUT2D eigenvalue weighted by Gasteiger charge is 2.40. The molecular formula is C24H31ClN2O4S. The van der Waals surface area contributed by atoms with E-state index in [0.717, 1.165) is 40.3 Å². The monoisotopic (exact) mass is 478 g/mol. The van der Waals surface area contributed by atoms with Crippen molar-refractivity contribution in [1.29, 1.82) is 0 Å². The van der Waals surface area contributed by atoms with Gasteiger partial charge in [0.25, 0.3) is 0 Å². The Morgan fingerprint density at radius 2 is 1.91 bits per heavy atom. The first-order chi connectivity index (χ1) is 15.0. The van der Waals surface area contributed by atoms with E-state index in [2.05, 4.69) is 19.2 Å². The molecule has 1 amide bonds. The van der Waals surface area contributed by atoms with Gasteiger partial charge in [-0.05, 0) is 50.5 Å². The molecule has 174 valence electrons. The molecule has 6 nitrogen and oxygen atoms in total. The number of halogens is 1. The largest absolute Gasteiger partial charge is 0.487 e. The second-order valence-electron chi connectivity index (χ2n) is 8.46. The van der Waals surface area contributed by atoms with Gasteiger partial charge in [-0.15, -0.1) is 0 Å². The zero-order valence-electron chi connectivity index (χ0n) is 19.2. The Morgan fingerprint density at radius 1 is 1.25 bits per heavy atom. The highest BCUT2D eigenvalue weighted by Crippen LogP contribution is 2.42. The molecule has 0 aliphatic carbocycles. The van der Waals surface area contributed by atoms with Gasteiger partial charge in [0, 0.05) is 17.0 Å². The zero-order chi connectivity index (χ0) is 23.7. The molecule has 0 spiro atoms. The molecule has 0 saturated carbocycles. The molecule has 1 N–H and O–H groups in total. The number of amides is 1. The van der Waals surface area contributed by atoms with Crippen LogP contribution in [0.5, 0.6) is 5.75 Å². The van der Waals surface area contributed by atoms with Gasteiger partial charge in [0.1, 0.15) is 17.4 Å². The molecule has 0 radical (unpaired) electrons. The van der Waals surface area contributed by atoms with Crippen molar-refractivity contribution in [2.45, 2.75) is 64.6 Å². The van der Waals surface area contributed by atoms with E-state index < -0.39 is 16.1 Å². The van der Waals surface area contributed by atoms with Crippen molar-refractivity contribution >= 4 is 33.2 Å². The van der Waals surface area contributed by atoms with Crippen molar-refractivity contribution < 1.29 is 17.9 Å². The number of carbonyl (C=O) groups is 1. The van der Waals surface area contributed by atoms with Crippen molar-refractivity contribution in [2.24, 2.45) is 0 Å². The van der Waals surface area contributed by atoms with Gasteiger partial charge in [0.05, 0.1) is 18.0 Å². The Bertz CT molecular complexity index is 1100. The zero-order valence-corrected chi connectivity index (χ0v) is 20.8. The number of rotatable bonds is 7. The molecule has 8 heteroatoms. The van der Waals surface area contributed by atoms with Gasteiger partial charge in [0.15, 0.2) is 0 Å². The normalized spacial score (nSPS) is 18.2. The van der Waals surface area contributed by atoms with Crippen LogP contribution in [0.15, 0.2) is 42.5 Å². The third-order valence-corrected chi connectivity index (χ3v) is 7.95. The molecule has 0 aromatic heterocycles. The lowest BCUT2D eigenvalue weighted by molar-refractivity contribution is -0.123. The van der Waals surface area contributed by atoms with Crippen LogP contribution in [0.4, 0.5) is 5.69 Å². The third kappa shape index (κ3) is 4.89. The summed E-state index contributed by atoms with van der Waals surface area (Å²) in [5, 5.41) is 3.53. The number of fused-ring (bicyclic) bond motifs is 1. The molecule has 2 aromatic carbocycles. The highest BCUT2D eigenvalue weighted by atomic mass is 35.5. The number of sulfonamides is 1. The van der Waals surface area contributed by atoms with E-state index >= 15 is 0 Å². The van der Waals surface area contributed by atoms with E-state index in [4.69, 9.17) is 16.3 Å². The number of carbonyl (C=O) groups excluding carboxylic acids is 1. The summed E-state index contributed by atoms with van der Waals surface area (Å²) in [4.78, 5) is 13.3. The molecule has 32 heavy (non-hydrogen) atoms. The molecule has 0 fully saturated rings. The highest BCUT2D eigenvalue weighted by molar-refractivity contribution is 7.92. The lowest BCUT2D eigenvalue weighted by Crippen LogP contribution is -2.51. The fourth-order valence-electron chi connectivity index (χ4n) is 4.25. The molecule has 2 atom stereocenters. The van der Waals surface area contributed by atoms with Gasteiger partial charge in [-0.2, -0.15) is 0 Å². The summed E-state index contributed by atoms with van der Waals surface area (Å²) in [7, 11) is -3.74. The van der Waals surface area contributed by atoms with Gasteiger partial charge >= 0.3 is 0 Å². The smallest absolute Gasteiger partial charge is 0.244 e. The predicted molar refractivity (Wildman–Crippen MR) is 129 cm³/mol. The molecule has 1 aliphatic rings. The van der Waals surface area contributed by atoms with Gasteiger partial charge in [-0.3, -0.25) is 9.10 Å². The maximum absolute atomic E-state index is 13.3. The fourth-order valence-corrected chi connectivity index (χ4v) is 5.59. The van der Waals surface area contributed by atoms with E-state index in [1.165, 1.54) is 0 Å². The lowest BCUT2D eigenvalue weighted by atomic mass is 9.83. The van der Waals surface area contributed by atoms with Crippen LogP contribution in [0.3, 0.4) is 0 Å². The van der Waals surface area contributed by atoms with Crippen molar-refractivity contribution in [3.05, 3.63) is 58.6 Å². The SMILES string of the molecule is CCC1(CC)C[C@H](NC(=O)[C@H](C)N(c2ccc(C)c(Cl)c2)S(C)(=O)=O)c2ccccc2O1. The first-order valence-electron chi connectivity index (χ1n) is 10.8. The quantitative estimate of drug-likeness (QED) is 0.607. The first kappa shape index (κ1) is 24.4. The van der Waals surface area contributed by atoms with E-state index in [1.54, 1.807) is 25.1 Å². The minimum Gasteiger partial charge on any atom is -0.487 e. The summed E-state index contributed by atoms with van der Waals surface area (Å²) in [6, 6.07) is 11.4. The summed E-state index contributed by atoms with van der Waals surface area (Å²) < 4.78 is 32.7. The van der Waals surface area contributed by atoms with Crippen LogP contribution < -0.4 is 14.4 Å². The fraction of sp³-hybridized carbons (Fsp3) is 0.458. The van der Waals surface area contributed by atoms with Crippen molar-refractivity contribution in [1.82, 2.24) is 5.32 Å². The molecule has 0 saturated heterocycles. The summed E-state index contributed by atoms with van der Waals surface area (Å²) >= 11 is 6.23. The number of hydrogen-bond acceptors (Lipinski definition) is 4. The molecular weight excluding hydrogens is 448 g/mol. The number of aryl methyl sites for hydroxylation is 1. The molecule has 3 rings (SSSR count). The summed E-state index contributed by atoms with van der Waals surface area (Å²) in [6.07, 6.45) is 3.31. The maximum atomic E-state index is 13.3. The van der Waals surface area contributed by atoms with Crippen molar-refractivity contribution in [3.8, 4) is 5.75 Å². The average molecular weight is 479 g/mol. The Labute approximate surface area is 196 Å². The molecule has 2 aromatic rings. The second-order valence-corrected chi connectivity index (χ2v) is 10.7. The minimum atomic E-state index is -3.74. The molecule has 1 aliphatic heterocycles. The number of nitrogens with one attached hydrogen (secondary N) is 1. The number of ether oxygens (including phenoxy) is 1. The standard InChI is InChI=1S/C24H31ClN2O4S/c1-6-24(7-2)15-21(19-10-8-9-11-22(19)31-24)26-23(28)17(4)27(32(5,29)30)18-13-12-16(3)20(25)14-18/h8-14,17,21H,6-7,15H2,1-5H3,(H,26,28)/t17-,21-/m0/s1. The Morgan fingerprint density at radius 3 is 2.50 bits per heavy atom. The maximum Gasteiger partial charge on any atom is 0.244 e. The van der Waals surface area contributed by atoms with E-state index in [1.807, 2.05) is 31.2 Å². The van der Waals surface area contributed by atoms with Crippen LogP contribution >= 0.6 is 11.6 Å². The number of para-hydroxylation sites is 1. The number of hydrogen-bond donors (Lipinski definition) is 1. The summed E-state index contributed by atoms with van der Waals surface area (Å²) in [5.41, 5.74) is 1.70. The number of nitrogens with zero attached hydrogens (tertiary/aromatic N) is 1. The lowest BCUT2D eigenvalue weighted by Gasteiger charge is -2.42. The van der Waals surface area contributed by atoms with Crippen LogP contribution in [-0.2, 0) is 14.8 Å². The Balaban J connectivity index is 1.92.